The largest absolute Gasteiger partial charge is 0.325 e. The molecule has 0 radical (unpaired) electrons. The summed E-state index contributed by atoms with van der Waals surface area (Å²) >= 11 is 5.77. The standard InChI is InChI=1S/C15H12ClNO/c16-15(18)17-13-7-3-1-5-11(13)9-10-12-6-2-4-8-14(12)17/h1-8H,9-10H2. The van der Waals surface area contributed by atoms with Crippen molar-refractivity contribution < 1.29 is 4.79 Å². The first-order valence-electron chi connectivity index (χ1n) is 5.93. The van der Waals surface area contributed by atoms with E-state index in [0.29, 0.717) is 0 Å². The molecule has 3 heteroatoms. The number of halogens is 1. The summed E-state index contributed by atoms with van der Waals surface area (Å²) in [6.07, 6.45) is 1.85. The molecule has 0 N–H and O–H groups in total. The second-order valence-electron chi connectivity index (χ2n) is 4.35. The lowest BCUT2D eigenvalue weighted by Crippen LogP contribution is -2.20. The van der Waals surface area contributed by atoms with Crippen LogP contribution < -0.4 is 4.90 Å². The fraction of sp³-hybridized carbons (Fsp3) is 0.133. The molecule has 1 amide bonds. The Kier molecular flexibility index (Phi) is 2.80. The number of para-hydroxylation sites is 2. The minimum Gasteiger partial charge on any atom is -0.267 e. The van der Waals surface area contributed by atoms with Crippen molar-refractivity contribution >= 4 is 28.3 Å². The van der Waals surface area contributed by atoms with Crippen LogP contribution in [0.1, 0.15) is 11.1 Å². The van der Waals surface area contributed by atoms with Crippen molar-refractivity contribution in [3.63, 3.8) is 0 Å². The third kappa shape index (κ3) is 1.79. The van der Waals surface area contributed by atoms with E-state index in [2.05, 4.69) is 0 Å². The van der Waals surface area contributed by atoms with E-state index < -0.39 is 5.37 Å². The zero-order valence-corrected chi connectivity index (χ0v) is 10.5. The van der Waals surface area contributed by atoms with Crippen LogP contribution in [0.4, 0.5) is 16.2 Å². The summed E-state index contributed by atoms with van der Waals surface area (Å²) in [6, 6.07) is 15.8. The number of nitrogens with zero attached hydrogens (tertiary/aromatic N) is 1. The van der Waals surface area contributed by atoms with Gasteiger partial charge in [-0.15, -0.1) is 0 Å². The van der Waals surface area contributed by atoms with Crippen molar-refractivity contribution in [3.8, 4) is 0 Å². The molecule has 0 bridgehead atoms. The molecule has 1 aliphatic heterocycles. The maximum atomic E-state index is 11.8. The quantitative estimate of drug-likeness (QED) is 0.509. The van der Waals surface area contributed by atoms with Gasteiger partial charge in [0.1, 0.15) is 0 Å². The molecule has 0 saturated heterocycles. The molecule has 0 spiro atoms. The van der Waals surface area contributed by atoms with Crippen molar-refractivity contribution in [2.45, 2.75) is 12.8 Å². The van der Waals surface area contributed by atoms with Gasteiger partial charge in [0, 0.05) is 0 Å². The van der Waals surface area contributed by atoms with Gasteiger partial charge < -0.3 is 0 Å². The lowest BCUT2D eigenvalue weighted by molar-refractivity contribution is 0.266. The fourth-order valence-electron chi connectivity index (χ4n) is 2.47. The number of fused-ring (bicyclic) bond motifs is 2. The first-order chi connectivity index (χ1) is 8.77. The zero-order chi connectivity index (χ0) is 12.5. The highest BCUT2D eigenvalue weighted by molar-refractivity contribution is 6.67. The first-order valence-corrected chi connectivity index (χ1v) is 6.30. The number of rotatable bonds is 0. The average Bonchev–Trinajstić information content (AvgIpc) is 2.55. The minimum absolute atomic E-state index is 0.461. The van der Waals surface area contributed by atoms with Crippen LogP contribution in [-0.2, 0) is 12.8 Å². The van der Waals surface area contributed by atoms with Gasteiger partial charge in [0.05, 0.1) is 11.4 Å². The molecule has 18 heavy (non-hydrogen) atoms. The molecule has 0 unspecified atom stereocenters. The van der Waals surface area contributed by atoms with E-state index in [-0.39, 0.29) is 0 Å². The van der Waals surface area contributed by atoms with Gasteiger partial charge in [-0.1, -0.05) is 36.4 Å². The predicted molar refractivity (Wildman–Crippen MR) is 73.7 cm³/mol. The van der Waals surface area contributed by atoms with E-state index in [1.807, 2.05) is 48.5 Å². The number of hydrogen-bond acceptors (Lipinski definition) is 1. The molecule has 1 heterocycles. The molecule has 3 rings (SSSR count). The minimum atomic E-state index is -0.461. The Morgan fingerprint density at radius 3 is 1.78 bits per heavy atom. The topological polar surface area (TPSA) is 20.3 Å². The second kappa shape index (κ2) is 4.46. The Bertz CT molecular complexity index is 561. The Balaban J connectivity index is 2.24. The van der Waals surface area contributed by atoms with Crippen LogP contribution in [0.3, 0.4) is 0 Å². The summed E-state index contributed by atoms with van der Waals surface area (Å²) in [5.41, 5.74) is 4.09. The van der Waals surface area contributed by atoms with Gasteiger partial charge in [-0.3, -0.25) is 9.69 Å². The smallest absolute Gasteiger partial charge is 0.267 e. The van der Waals surface area contributed by atoms with Gasteiger partial charge in [-0.05, 0) is 47.7 Å². The Morgan fingerprint density at radius 2 is 1.33 bits per heavy atom. The number of aryl methyl sites for hydroxylation is 2. The van der Waals surface area contributed by atoms with Crippen LogP contribution in [0.2, 0.25) is 0 Å². The number of carbonyl (C=O) groups excluding carboxylic acids is 1. The Hall–Kier alpha value is -1.80. The summed E-state index contributed by atoms with van der Waals surface area (Å²) in [5, 5.41) is -0.461. The van der Waals surface area contributed by atoms with Crippen LogP contribution in [0.15, 0.2) is 48.5 Å². The van der Waals surface area contributed by atoms with E-state index in [4.69, 9.17) is 11.6 Å². The fourth-order valence-corrected chi connectivity index (χ4v) is 2.65. The van der Waals surface area contributed by atoms with Gasteiger partial charge in [-0.25, -0.2) is 0 Å². The molecular formula is C15H12ClNO. The SMILES string of the molecule is O=C(Cl)N1c2ccccc2CCc2ccccc21. The third-order valence-corrected chi connectivity index (χ3v) is 3.47. The second-order valence-corrected chi connectivity index (χ2v) is 4.67. The van der Waals surface area contributed by atoms with Crippen molar-refractivity contribution in [2.24, 2.45) is 0 Å². The predicted octanol–water partition coefficient (Wildman–Crippen LogP) is 4.28. The van der Waals surface area contributed by atoms with E-state index >= 15 is 0 Å². The first kappa shape index (κ1) is 11.3. The number of benzene rings is 2. The van der Waals surface area contributed by atoms with Crippen LogP contribution in [-0.4, -0.2) is 5.37 Å². The highest BCUT2D eigenvalue weighted by Gasteiger charge is 2.23. The lowest BCUT2D eigenvalue weighted by Gasteiger charge is -2.21. The number of hydrogen-bond donors (Lipinski definition) is 0. The lowest BCUT2D eigenvalue weighted by atomic mass is 10.0. The van der Waals surface area contributed by atoms with Crippen LogP contribution >= 0.6 is 11.6 Å². The summed E-state index contributed by atoms with van der Waals surface area (Å²) in [7, 11) is 0. The van der Waals surface area contributed by atoms with Gasteiger partial charge in [0.15, 0.2) is 0 Å². The Morgan fingerprint density at radius 1 is 0.889 bits per heavy atom. The van der Waals surface area contributed by atoms with Crippen LogP contribution in [0.25, 0.3) is 0 Å². The van der Waals surface area contributed by atoms with Gasteiger partial charge in [0.25, 0.3) is 0 Å². The van der Waals surface area contributed by atoms with Gasteiger partial charge in [-0.2, -0.15) is 0 Å². The van der Waals surface area contributed by atoms with Crippen molar-refractivity contribution in [1.82, 2.24) is 0 Å². The molecule has 0 fully saturated rings. The average molecular weight is 258 g/mol. The monoisotopic (exact) mass is 257 g/mol. The summed E-state index contributed by atoms with van der Waals surface area (Å²) < 4.78 is 0. The van der Waals surface area contributed by atoms with Crippen LogP contribution in [0.5, 0.6) is 0 Å². The molecule has 0 atom stereocenters. The number of carbonyl (C=O) groups is 1. The summed E-state index contributed by atoms with van der Waals surface area (Å²) in [4.78, 5) is 13.4. The molecule has 2 aromatic rings. The van der Waals surface area contributed by atoms with E-state index in [1.165, 1.54) is 0 Å². The molecule has 2 aromatic carbocycles. The number of anilines is 2. The van der Waals surface area contributed by atoms with Crippen molar-refractivity contribution in [2.75, 3.05) is 4.90 Å². The van der Waals surface area contributed by atoms with Gasteiger partial charge >= 0.3 is 5.37 Å². The normalized spacial score (nSPS) is 13.5. The molecular weight excluding hydrogens is 246 g/mol. The molecule has 0 saturated carbocycles. The van der Waals surface area contributed by atoms with Gasteiger partial charge in [0.2, 0.25) is 0 Å². The maximum absolute atomic E-state index is 11.8. The summed E-state index contributed by atoms with van der Waals surface area (Å²) in [6.45, 7) is 0. The van der Waals surface area contributed by atoms with Crippen LogP contribution in [0, 0.1) is 0 Å². The molecule has 0 aromatic heterocycles. The summed E-state index contributed by atoms with van der Waals surface area (Å²) in [5.74, 6) is 0. The highest BCUT2D eigenvalue weighted by atomic mass is 35.5. The Labute approximate surface area is 111 Å². The van der Waals surface area contributed by atoms with Crippen molar-refractivity contribution in [1.29, 1.82) is 0 Å². The zero-order valence-electron chi connectivity index (χ0n) is 9.77. The highest BCUT2D eigenvalue weighted by Crippen LogP contribution is 2.36. The molecule has 2 nitrogen and oxygen atoms in total. The maximum Gasteiger partial charge on any atom is 0.325 e. The molecule has 90 valence electrons. The van der Waals surface area contributed by atoms with E-state index in [1.54, 1.807) is 4.90 Å². The molecule has 0 aliphatic carbocycles. The van der Waals surface area contributed by atoms with E-state index in [0.717, 1.165) is 35.3 Å². The van der Waals surface area contributed by atoms with E-state index in [9.17, 15) is 4.79 Å². The third-order valence-electron chi connectivity index (χ3n) is 3.30. The van der Waals surface area contributed by atoms with Crippen molar-refractivity contribution in [3.05, 3.63) is 59.7 Å². The number of amides is 1. The molecule has 1 aliphatic rings.